The lowest BCUT2D eigenvalue weighted by Crippen LogP contribution is -2.03. The second kappa shape index (κ2) is 4.06. The molecule has 0 saturated heterocycles. The number of aryl methyl sites for hydroxylation is 1. The van der Waals surface area contributed by atoms with Crippen molar-refractivity contribution in [1.29, 1.82) is 0 Å². The fourth-order valence-electron chi connectivity index (χ4n) is 1.38. The average Bonchev–Trinajstić information content (AvgIpc) is 2.59. The molecular weight excluding hydrogens is 244 g/mol. The van der Waals surface area contributed by atoms with Gasteiger partial charge in [0.2, 0.25) is 0 Å². The van der Waals surface area contributed by atoms with Gasteiger partial charge >= 0.3 is 0 Å². The Labute approximate surface area is 90.3 Å². The summed E-state index contributed by atoms with van der Waals surface area (Å²) in [5.41, 5.74) is 6.33. The monoisotopic (exact) mass is 254 g/mol. The van der Waals surface area contributed by atoms with E-state index >= 15 is 0 Å². The molecule has 0 aliphatic carbocycles. The quantitative estimate of drug-likeness (QED) is 0.843. The van der Waals surface area contributed by atoms with Gasteiger partial charge in [0.05, 0.1) is 4.60 Å². The number of nitrogens with zero attached hydrogens (tertiary/aromatic N) is 3. The third-order valence-corrected chi connectivity index (χ3v) is 2.67. The Kier molecular flexibility index (Phi) is 2.79. The summed E-state index contributed by atoms with van der Waals surface area (Å²) in [6.45, 7) is 0.680. The highest BCUT2D eigenvalue weighted by Gasteiger charge is 2.06. The largest absolute Gasteiger partial charge is 0.330 e. The summed E-state index contributed by atoms with van der Waals surface area (Å²) in [6, 6.07) is 5.85. The van der Waals surface area contributed by atoms with Crippen LogP contribution in [0.2, 0.25) is 0 Å². The highest BCUT2D eigenvalue weighted by molar-refractivity contribution is 9.10. The maximum atomic E-state index is 5.46. The van der Waals surface area contributed by atoms with Crippen molar-refractivity contribution in [3.05, 3.63) is 28.6 Å². The summed E-state index contributed by atoms with van der Waals surface area (Å²) in [4.78, 5) is 0. The Morgan fingerprint density at radius 1 is 1.36 bits per heavy atom. The number of pyridine rings is 1. The van der Waals surface area contributed by atoms with E-state index in [4.69, 9.17) is 5.73 Å². The van der Waals surface area contributed by atoms with Gasteiger partial charge in [0.1, 0.15) is 5.82 Å². The first-order chi connectivity index (χ1) is 6.83. The van der Waals surface area contributed by atoms with Crippen LogP contribution in [-0.4, -0.2) is 21.1 Å². The number of rotatable bonds is 3. The Morgan fingerprint density at radius 3 is 3.00 bits per heavy atom. The van der Waals surface area contributed by atoms with Gasteiger partial charge in [-0.05, 0) is 41.0 Å². The Morgan fingerprint density at radius 2 is 2.21 bits per heavy atom. The number of hydrogen-bond donors (Lipinski definition) is 1. The molecular formula is C9H11BrN4. The molecule has 4 nitrogen and oxygen atoms in total. The molecule has 2 N–H and O–H groups in total. The van der Waals surface area contributed by atoms with Gasteiger partial charge in [-0.3, -0.25) is 4.40 Å². The molecule has 0 radical (unpaired) electrons. The Bertz CT molecular complexity index is 437. The molecule has 0 atom stereocenters. The maximum Gasteiger partial charge on any atom is 0.161 e. The second-order valence-electron chi connectivity index (χ2n) is 3.05. The first kappa shape index (κ1) is 9.61. The number of halogens is 1. The van der Waals surface area contributed by atoms with Crippen LogP contribution in [0.5, 0.6) is 0 Å². The molecule has 0 aromatic carbocycles. The van der Waals surface area contributed by atoms with Gasteiger partial charge in [0.15, 0.2) is 5.65 Å². The predicted octanol–water partition coefficient (Wildman–Crippen LogP) is 1.38. The van der Waals surface area contributed by atoms with E-state index in [2.05, 4.69) is 26.1 Å². The van der Waals surface area contributed by atoms with E-state index in [0.29, 0.717) is 6.54 Å². The van der Waals surface area contributed by atoms with Crippen LogP contribution in [-0.2, 0) is 6.42 Å². The molecule has 5 heteroatoms. The SMILES string of the molecule is NCCCc1nnc2cccc(Br)n12. The zero-order valence-electron chi connectivity index (χ0n) is 7.65. The molecule has 0 saturated carbocycles. The number of hydrogen-bond acceptors (Lipinski definition) is 3. The van der Waals surface area contributed by atoms with Crippen LogP contribution in [0.3, 0.4) is 0 Å². The van der Waals surface area contributed by atoms with Crippen LogP contribution in [0, 0.1) is 0 Å². The second-order valence-corrected chi connectivity index (χ2v) is 3.86. The van der Waals surface area contributed by atoms with Crippen LogP contribution in [0.1, 0.15) is 12.2 Å². The molecule has 2 heterocycles. The van der Waals surface area contributed by atoms with E-state index in [1.807, 2.05) is 22.6 Å². The van der Waals surface area contributed by atoms with Gasteiger partial charge in [-0.2, -0.15) is 0 Å². The highest BCUT2D eigenvalue weighted by Crippen LogP contribution is 2.14. The minimum Gasteiger partial charge on any atom is -0.330 e. The van der Waals surface area contributed by atoms with Crippen molar-refractivity contribution in [3.63, 3.8) is 0 Å². The highest BCUT2D eigenvalue weighted by atomic mass is 79.9. The van der Waals surface area contributed by atoms with Gasteiger partial charge < -0.3 is 5.73 Å². The standard InChI is InChI=1S/C9H11BrN4/c10-7-3-1-4-8-12-13-9(14(7)8)5-2-6-11/h1,3-4H,2,5-6,11H2. The third kappa shape index (κ3) is 1.65. The fourth-order valence-corrected chi connectivity index (χ4v) is 1.92. The van der Waals surface area contributed by atoms with E-state index in [1.165, 1.54) is 0 Å². The summed E-state index contributed by atoms with van der Waals surface area (Å²) in [6.07, 6.45) is 1.79. The van der Waals surface area contributed by atoms with Crippen molar-refractivity contribution < 1.29 is 0 Å². The van der Waals surface area contributed by atoms with Crippen LogP contribution >= 0.6 is 15.9 Å². The van der Waals surface area contributed by atoms with Crippen molar-refractivity contribution in [2.75, 3.05) is 6.54 Å². The minimum atomic E-state index is 0.680. The van der Waals surface area contributed by atoms with E-state index in [9.17, 15) is 0 Å². The molecule has 2 rings (SSSR count). The van der Waals surface area contributed by atoms with Crippen molar-refractivity contribution in [1.82, 2.24) is 14.6 Å². The zero-order valence-corrected chi connectivity index (χ0v) is 9.24. The zero-order chi connectivity index (χ0) is 9.97. The number of nitrogens with two attached hydrogens (primary N) is 1. The van der Waals surface area contributed by atoms with E-state index in [1.54, 1.807) is 0 Å². The van der Waals surface area contributed by atoms with Crippen molar-refractivity contribution >= 4 is 21.6 Å². The molecule has 0 spiro atoms. The summed E-state index contributed by atoms with van der Waals surface area (Å²) in [7, 11) is 0. The van der Waals surface area contributed by atoms with Crippen molar-refractivity contribution in [2.24, 2.45) is 5.73 Å². The summed E-state index contributed by atoms with van der Waals surface area (Å²) in [5.74, 6) is 0.956. The van der Waals surface area contributed by atoms with Crippen molar-refractivity contribution in [2.45, 2.75) is 12.8 Å². The van der Waals surface area contributed by atoms with Crippen LogP contribution < -0.4 is 5.73 Å². The molecule has 14 heavy (non-hydrogen) atoms. The Balaban J connectivity index is 2.45. The number of aromatic nitrogens is 3. The molecule has 74 valence electrons. The summed E-state index contributed by atoms with van der Waals surface area (Å²) in [5, 5.41) is 8.20. The summed E-state index contributed by atoms with van der Waals surface area (Å²) >= 11 is 3.47. The average molecular weight is 255 g/mol. The van der Waals surface area contributed by atoms with E-state index < -0.39 is 0 Å². The molecule has 2 aromatic heterocycles. The molecule has 0 amide bonds. The molecule has 0 unspecified atom stereocenters. The van der Waals surface area contributed by atoms with Crippen LogP contribution in [0.4, 0.5) is 0 Å². The topological polar surface area (TPSA) is 56.2 Å². The van der Waals surface area contributed by atoms with E-state index in [-0.39, 0.29) is 0 Å². The van der Waals surface area contributed by atoms with Gasteiger partial charge in [0.25, 0.3) is 0 Å². The van der Waals surface area contributed by atoms with Crippen LogP contribution in [0.15, 0.2) is 22.8 Å². The number of fused-ring (bicyclic) bond motifs is 1. The van der Waals surface area contributed by atoms with Gasteiger partial charge in [-0.25, -0.2) is 0 Å². The van der Waals surface area contributed by atoms with Gasteiger partial charge in [-0.1, -0.05) is 6.07 Å². The smallest absolute Gasteiger partial charge is 0.161 e. The minimum absolute atomic E-state index is 0.680. The predicted molar refractivity (Wildman–Crippen MR) is 58.1 cm³/mol. The lowest BCUT2D eigenvalue weighted by molar-refractivity contribution is 0.767. The van der Waals surface area contributed by atoms with E-state index in [0.717, 1.165) is 28.9 Å². The maximum absolute atomic E-state index is 5.46. The Hall–Kier alpha value is -0.940. The third-order valence-electron chi connectivity index (χ3n) is 2.05. The molecule has 0 fully saturated rings. The molecule has 2 aromatic rings. The molecule has 0 aliphatic heterocycles. The van der Waals surface area contributed by atoms with Crippen molar-refractivity contribution in [3.8, 4) is 0 Å². The summed E-state index contributed by atoms with van der Waals surface area (Å²) < 4.78 is 2.97. The fraction of sp³-hybridized carbons (Fsp3) is 0.333. The van der Waals surface area contributed by atoms with Gasteiger partial charge in [0, 0.05) is 6.42 Å². The van der Waals surface area contributed by atoms with Gasteiger partial charge in [-0.15, -0.1) is 10.2 Å². The van der Waals surface area contributed by atoms with Crippen LogP contribution in [0.25, 0.3) is 5.65 Å². The first-order valence-corrected chi connectivity index (χ1v) is 5.31. The normalized spacial score (nSPS) is 11.0. The molecule has 0 bridgehead atoms. The first-order valence-electron chi connectivity index (χ1n) is 4.51. The molecule has 0 aliphatic rings. The lowest BCUT2D eigenvalue weighted by Gasteiger charge is -2.00. The lowest BCUT2D eigenvalue weighted by atomic mass is 10.3.